The highest BCUT2D eigenvalue weighted by molar-refractivity contribution is 5.02. The molecule has 0 amide bonds. The van der Waals surface area contributed by atoms with Crippen molar-refractivity contribution < 1.29 is 14.9 Å². The molecule has 0 radical (unpaired) electrons. The molecule has 7 nitrogen and oxygen atoms in total. The van der Waals surface area contributed by atoms with E-state index in [2.05, 4.69) is 4.98 Å². The Labute approximate surface area is 89.9 Å². The number of rotatable bonds is 1. The van der Waals surface area contributed by atoms with E-state index in [9.17, 15) is 19.8 Å². The summed E-state index contributed by atoms with van der Waals surface area (Å²) in [5.41, 5.74) is -0.820. The van der Waals surface area contributed by atoms with Gasteiger partial charge in [0.05, 0.1) is 6.61 Å². The first-order valence-corrected chi connectivity index (χ1v) is 4.80. The molecular weight excluding hydrogens is 216 g/mol. The standard InChI is InChI=1S/C9H12N2O5/c1-4-2-11(9(15)10-7(4)14)8-6(13)5(12)3-16-8/h2,5-6,8,12-13H,3H2,1H3,(H,10,14,15)/t5-,6+,8+/m0/s1. The summed E-state index contributed by atoms with van der Waals surface area (Å²) in [6.07, 6.45) is -1.86. The number of aryl methyl sites for hydroxylation is 1. The first-order valence-electron chi connectivity index (χ1n) is 4.80. The average molecular weight is 228 g/mol. The zero-order valence-corrected chi connectivity index (χ0v) is 8.58. The number of aromatic amines is 1. The Balaban J connectivity index is 2.45. The normalized spacial score (nSPS) is 29.6. The summed E-state index contributed by atoms with van der Waals surface area (Å²) < 4.78 is 6.15. The second-order valence-corrected chi connectivity index (χ2v) is 3.76. The van der Waals surface area contributed by atoms with Crippen LogP contribution in [0.1, 0.15) is 11.8 Å². The molecule has 1 saturated heterocycles. The maximum Gasteiger partial charge on any atom is 0.330 e. The van der Waals surface area contributed by atoms with Gasteiger partial charge in [0.1, 0.15) is 12.2 Å². The van der Waals surface area contributed by atoms with E-state index in [1.807, 2.05) is 0 Å². The van der Waals surface area contributed by atoms with Gasteiger partial charge in [-0.15, -0.1) is 0 Å². The Kier molecular flexibility index (Phi) is 2.66. The van der Waals surface area contributed by atoms with Crippen molar-refractivity contribution in [3.8, 4) is 0 Å². The van der Waals surface area contributed by atoms with Crippen LogP contribution >= 0.6 is 0 Å². The topological polar surface area (TPSA) is 105 Å². The van der Waals surface area contributed by atoms with Gasteiger partial charge in [-0.2, -0.15) is 0 Å². The fourth-order valence-electron chi connectivity index (χ4n) is 1.60. The second kappa shape index (κ2) is 3.85. The van der Waals surface area contributed by atoms with E-state index in [-0.39, 0.29) is 6.61 Å². The van der Waals surface area contributed by atoms with Gasteiger partial charge < -0.3 is 14.9 Å². The maximum absolute atomic E-state index is 11.5. The summed E-state index contributed by atoms with van der Waals surface area (Å²) in [5, 5.41) is 18.9. The third-order valence-electron chi connectivity index (χ3n) is 2.54. The van der Waals surface area contributed by atoms with Crippen molar-refractivity contribution in [2.75, 3.05) is 6.61 Å². The Morgan fingerprint density at radius 1 is 1.50 bits per heavy atom. The molecule has 1 aromatic heterocycles. The minimum Gasteiger partial charge on any atom is -0.388 e. The predicted molar refractivity (Wildman–Crippen MR) is 53.1 cm³/mol. The zero-order chi connectivity index (χ0) is 11.9. The summed E-state index contributed by atoms with van der Waals surface area (Å²) in [7, 11) is 0. The molecule has 7 heteroatoms. The van der Waals surface area contributed by atoms with Crippen molar-refractivity contribution >= 4 is 0 Å². The van der Waals surface area contributed by atoms with Crippen LogP contribution in [0.3, 0.4) is 0 Å². The van der Waals surface area contributed by atoms with Crippen molar-refractivity contribution in [1.29, 1.82) is 0 Å². The predicted octanol–water partition coefficient (Wildman–Crippen LogP) is -1.90. The van der Waals surface area contributed by atoms with Gasteiger partial charge in [-0.05, 0) is 6.92 Å². The summed E-state index contributed by atoms with van der Waals surface area (Å²) in [4.78, 5) is 24.7. The molecule has 0 bridgehead atoms. The molecule has 3 N–H and O–H groups in total. The van der Waals surface area contributed by atoms with Crippen LogP contribution in [0.25, 0.3) is 0 Å². The number of aromatic nitrogens is 2. The fraction of sp³-hybridized carbons (Fsp3) is 0.556. The van der Waals surface area contributed by atoms with Crippen LogP contribution in [0.2, 0.25) is 0 Å². The van der Waals surface area contributed by atoms with Crippen molar-refractivity contribution in [2.24, 2.45) is 0 Å². The minimum absolute atomic E-state index is 0.0452. The van der Waals surface area contributed by atoms with E-state index in [0.717, 1.165) is 4.57 Å². The average Bonchev–Trinajstić information content (AvgIpc) is 2.54. The van der Waals surface area contributed by atoms with Gasteiger partial charge in [-0.3, -0.25) is 14.3 Å². The van der Waals surface area contributed by atoms with Crippen LogP contribution in [0.5, 0.6) is 0 Å². The van der Waals surface area contributed by atoms with E-state index in [1.54, 1.807) is 0 Å². The molecule has 2 rings (SSSR count). The van der Waals surface area contributed by atoms with E-state index < -0.39 is 29.7 Å². The van der Waals surface area contributed by atoms with Crippen molar-refractivity contribution in [2.45, 2.75) is 25.4 Å². The number of aliphatic hydroxyl groups is 2. The van der Waals surface area contributed by atoms with E-state index >= 15 is 0 Å². The first-order chi connectivity index (χ1) is 7.50. The number of nitrogens with one attached hydrogen (secondary N) is 1. The Bertz CT molecular complexity index is 505. The fourth-order valence-corrected chi connectivity index (χ4v) is 1.60. The van der Waals surface area contributed by atoms with Gasteiger partial charge >= 0.3 is 5.69 Å². The van der Waals surface area contributed by atoms with Crippen molar-refractivity contribution in [3.63, 3.8) is 0 Å². The van der Waals surface area contributed by atoms with Crippen molar-refractivity contribution in [1.82, 2.24) is 9.55 Å². The SMILES string of the molecule is Cc1cn([C@@H]2OC[C@H](O)[C@H]2O)c(=O)[nH]c1=O. The van der Waals surface area contributed by atoms with Gasteiger partial charge in [-0.25, -0.2) is 4.79 Å². The number of hydrogen-bond donors (Lipinski definition) is 3. The number of nitrogens with zero attached hydrogens (tertiary/aromatic N) is 1. The van der Waals surface area contributed by atoms with Gasteiger partial charge in [0, 0.05) is 11.8 Å². The number of H-pyrrole nitrogens is 1. The van der Waals surface area contributed by atoms with Crippen LogP contribution in [0, 0.1) is 6.92 Å². The zero-order valence-electron chi connectivity index (χ0n) is 8.58. The summed E-state index contributed by atoms with van der Waals surface area (Å²) in [6.45, 7) is 1.49. The molecule has 1 fully saturated rings. The molecule has 1 aliphatic heterocycles. The van der Waals surface area contributed by atoms with E-state index in [0.29, 0.717) is 5.56 Å². The molecule has 3 atom stereocenters. The van der Waals surface area contributed by atoms with E-state index in [1.165, 1.54) is 13.1 Å². The van der Waals surface area contributed by atoms with Gasteiger partial charge in [0.25, 0.3) is 5.56 Å². The largest absolute Gasteiger partial charge is 0.388 e. The molecule has 0 saturated carbocycles. The van der Waals surface area contributed by atoms with Crippen LogP contribution in [-0.2, 0) is 4.74 Å². The van der Waals surface area contributed by atoms with Crippen LogP contribution < -0.4 is 11.2 Å². The quantitative estimate of drug-likeness (QED) is 0.520. The van der Waals surface area contributed by atoms with Crippen LogP contribution in [0.15, 0.2) is 15.8 Å². The lowest BCUT2D eigenvalue weighted by molar-refractivity contribution is -0.0213. The Morgan fingerprint density at radius 2 is 2.19 bits per heavy atom. The molecule has 1 aliphatic rings. The summed E-state index contributed by atoms with van der Waals surface area (Å²) in [6, 6.07) is 0. The molecule has 0 aliphatic carbocycles. The Morgan fingerprint density at radius 3 is 2.75 bits per heavy atom. The highest BCUT2D eigenvalue weighted by Gasteiger charge is 2.36. The second-order valence-electron chi connectivity index (χ2n) is 3.76. The number of aliphatic hydroxyl groups excluding tert-OH is 2. The molecule has 1 aromatic rings. The Hall–Kier alpha value is -1.44. The van der Waals surface area contributed by atoms with Crippen molar-refractivity contribution in [3.05, 3.63) is 32.6 Å². The maximum atomic E-state index is 11.5. The van der Waals surface area contributed by atoms with Gasteiger partial charge in [0.15, 0.2) is 6.23 Å². The minimum atomic E-state index is -1.18. The molecule has 0 unspecified atom stereocenters. The smallest absolute Gasteiger partial charge is 0.330 e. The lowest BCUT2D eigenvalue weighted by atomic mass is 10.2. The van der Waals surface area contributed by atoms with Crippen LogP contribution in [0.4, 0.5) is 0 Å². The van der Waals surface area contributed by atoms with Gasteiger partial charge in [0.2, 0.25) is 0 Å². The summed E-state index contributed by atoms with van der Waals surface area (Å²) in [5.74, 6) is 0. The number of hydrogen-bond acceptors (Lipinski definition) is 5. The third-order valence-corrected chi connectivity index (χ3v) is 2.54. The monoisotopic (exact) mass is 228 g/mol. The lowest BCUT2D eigenvalue weighted by Crippen LogP contribution is -2.38. The number of ether oxygens (including phenoxy) is 1. The molecule has 2 heterocycles. The summed E-state index contributed by atoms with van der Waals surface area (Å²) >= 11 is 0. The molecule has 88 valence electrons. The van der Waals surface area contributed by atoms with Gasteiger partial charge in [-0.1, -0.05) is 0 Å². The molecule has 16 heavy (non-hydrogen) atoms. The highest BCUT2D eigenvalue weighted by Crippen LogP contribution is 2.22. The molecule has 0 aromatic carbocycles. The highest BCUT2D eigenvalue weighted by atomic mass is 16.5. The third kappa shape index (κ3) is 1.69. The van der Waals surface area contributed by atoms with E-state index in [4.69, 9.17) is 4.74 Å². The van der Waals surface area contributed by atoms with Crippen LogP contribution in [-0.4, -0.2) is 38.6 Å². The molecule has 0 spiro atoms. The lowest BCUT2D eigenvalue weighted by Gasteiger charge is -2.17. The first kappa shape index (κ1) is 11.1. The molecular formula is C9H12N2O5.